The van der Waals surface area contributed by atoms with Crippen LogP contribution in [-0.4, -0.2) is 45.2 Å². The van der Waals surface area contributed by atoms with Crippen molar-refractivity contribution in [1.82, 2.24) is 4.90 Å². The molecule has 0 fully saturated rings. The molecule has 2 unspecified atom stereocenters. The first-order chi connectivity index (χ1) is 12.6. The van der Waals surface area contributed by atoms with Crippen molar-refractivity contribution >= 4 is 29.9 Å². The van der Waals surface area contributed by atoms with E-state index < -0.39 is 53.2 Å². The van der Waals surface area contributed by atoms with E-state index in [1.165, 1.54) is 0 Å². The van der Waals surface area contributed by atoms with Gasteiger partial charge in [0.15, 0.2) is 11.3 Å². The lowest BCUT2D eigenvalue weighted by molar-refractivity contribution is 0.00804. The third-order valence-corrected chi connectivity index (χ3v) is 6.27. The molecular formula is C13H15N2O10PS. The molecule has 2 N–H and O–H groups in total. The Morgan fingerprint density at radius 2 is 1.85 bits per heavy atom. The number of hydrogen-bond acceptors (Lipinski definition) is 12. The number of phosphoric ester groups is 1. The quantitative estimate of drug-likeness (QED) is 0.390. The summed E-state index contributed by atoms with van der Waals surface area (Å²) in [6, 6.07) is 0. The van der Waals surface area contributed by atoms with E-state index in [4.69, 9.17) is 28.2 Å². The molecule has 1 aromatic rings. The average Bonchev–Trinajstić information content (AvgIpc) is 3.07. The monoisotopic (exact) mass is 422 g/mol. The summed E-state index contributed by atoms with van der Waals surface area (Å²) in [6.45, 7) is 4.18. The normalized spacial score (nSPS) is 28.7. The number of benzene rings is 1. The summed E-state index contributed by atoms with van der Waals surface area (Å²) < 4.78 is 66.8. The Kier molecular flexibility index (Phi) is 3.97. The minimum absolute atomic E-state index is 0.0485. The number of cyclic esters (lactones) is 1. The number of nitrogen functional groups attached to an aromatic ring is 1. The van der Waals surface area contributed by atoms with Crippen LogP contribution in [0.15, 0.2) is 0 Å². The molecule has 3 heterocycles. The van der Waals surface area contributed by atoms with E-state index in [-0.39, 0.29) is 24.6 Å². The van der Waals surface area contributed by atoms with Crippen molar-refractivity contribution in [3.8, 4) is 23.0 Å². The summed E-state index contributed by atoms with van der Waals surface area (Å²) in [5.74, 6) is -2.71. The molecule has 27 heavy (non-hydrogen) atoms. The predicted octanol–water partition coefficient (Wildman–Crippen LogP) is 1.02. The molecule has 0 radical (unpaired) electrons. The molecule has 4 rings (SSSR count). The minimum Gasteiger partial charge on any atom is -0.461 e. The molecule has 0 spiro atoms. The highest BCUT2D eigenvalue weighted by Gasteiger charge is 2.50. The zero-order chi connectivity index (χ0) is 19.6. The Morgan fingerprint density at radius 3 is 2.56 bits per heavy atom. The van der Waals surface area contributed by atoms with Gasteiger partial charge in [0, 0.05) is 6.54 Å². The number of rotatable bonds is 1. The molecule has 148 valence electrons. The molecule has 0 aliphatic carbocycles. The second-order valence-corrected chi connectivity index (χ2v) is 8.40. The lowest BCUT2D eigenvalue weighted by atomic mass is 10.1. The van der Waals surface area contributed by atoms with Crippen molar-refractivity contribution in [1.29, 1.82) is 0 Å². The van der Waals surface area contributed by atoms with Crippen molar-refractivity contribution in [2.24, 2.45) is 0 Å². The maximum atomic E-state index is 12.9. The summed E-state index contributed by atoms with van der Waals surface area (Å²) in [7, 11) is -8.68. The zero-order valence-corrected chi connectivity index (χ0v) is 15.9. The average molecular weight is 422 g/mol. The maximum absolute atomic E-state index is 12.9. The second kappa shape index (κ2) is 5.89. The van der Waals surface area contributed by atoms with Gasteiger partial charge in [-0.3, -0.25) is 4.90 Å². The molecular weight excluding hydrogens is 407 g/mol. The number of phosphoric acid groups is 1. The number of fused-ring (bicyclic) bond motifs is 3. The van der Waals surface area contributed by atoms with Crippen molar-refractivity contribution < 1.29 is 44.5 Å². The molecule has 3 aliphatic rings. The van der Waals surface area contributed by atoms with Crippen molar-refractivity contribution in [2.75, 3.05) is 25.4 Å². The Bertz CT molecular complexity index is 994. The zero-order valence-electron chi connectivity index (χ0n) is 14.2. The summed E-state index contributed by atoms with van der Waals surface area (Å²) >= 11 is 0. The number of esters is 1. The van der Waals surface area contributed by atoms with Gasteiger partial charge in [-0.25, -0.2) is 13.9 Å². The summed E-state index contributed by atoms with van der Waals surface area (Å²) in [5, 5.41) is 0. The number of carbonyl (C=O) groups excluding carboxylic acids is 1. The van der Waals surface area contributed by atoms with Crippen LogP contribution in [0.4, 0.5) is 5.69 Å². The number of ether oxygens (including phenoxy) is 1. The Labute approximate surface area is 154 Å². The van der Waals surface area contributed by atoms with Gasteiger partial charge in [-0.05, 0) is 13.5 Å². The third-order valence-electron chi connectivity index (χ3n) is 4.15. The first-order valence-corrected chi connectivity index (χ1v) is 10.7. The van der Waals surface area contributed by atoms with E-state index in [1.807, 2.05) is 6.92 Å². The first-order valence-electron chi connectivity index (χ1n) is 7.86. The standard InChI is InChI=1S/C13H15N2O10PS/c1-3-15-4-5-20-13(16)7-9-11(23-26(17,22-9)21-6(15)2)8(14)12-10(7)24-27(18,19)25-12/h6H,3-5,14H2,1-2H3. The highest BCUT2D eigenvalue weighted by Crippen LogP contribution is 2.67. The molecule has 0 saturated heterocycles. The van der Waals surface area contributed by atoms with E-state index in [0.717, 1.165) is 0 Å². The van der Waals surface area contributed by atoms with E-state index in [0.29, 0.717) is 6.54 Å². The molecule has 2 atom stereocenters. The number of nitrogens with zero attached hydrogens (tertiary/aromatic N) is 1. The molecule has 0 amide bonds. The van der Waals surface area contributed by atoms with Crippen LogP contribution >= 0.6 is 7.82 Å². The lowest BCUT2D eigenvalue weighted by Gasteiger charge is -2.27. The highest BCUT2D eigenvalue weighted by molar-refractivity contribution is 7.82. The summed E-state index contributed by atoms with van der Waals surface area (Å²) in [4.78, 5) is 14.3. The van der Waals surface area contributed by atoms with Gasteiger partial charge in [-0.15, -0.1) is 8.42 Å². The molecule has 1 aromatic carbocycles. The van der Waals surface area contributed by atoms with Gasteiger partial charge in [-0.2, -0.15) is 0 Å². The number of anilines is 1. The fourth-order valence-corrected chi connectivity index (χ4v) is 5.09. The fraction of sp³-hybridized carbons (Fsp3) is 0.462. The number of carbonyl (C=O) groups is 1. The summed E-state index contributed by atoms with van der Waals surface area (Å²) in [5.41, 5.74) is 5.03. The van der Waals surface area contributed by atoms with Gasteiger partial charge >= 0.3 is 24.2 Å². The first kappa shape index (κ1) is 18.2. The second-order valence-electron chi connectivity index (χ2n) is 5.78. The van der Waals surface area contributed by atoms with Crippen LogP contribution in [0.1, 0.15) is 24.2 Å². The Hall–Kier alpha value is -2.21. The molecule has 2 bridgehead atoms. The van der Waals surface area contributed by atoms with Crippen LogP contribution in [0.25, 0.3) is 0 Å². The van der Waals surface area contributed by atoms with Crippen LogP contribution < -0.4 is 23.1 Å². The van der Waals surface area contributed by atoms with E-state index in [2.05, 4.69) is 4.18 Å². The van der Waals surface area contributed by atoms with Crippen LogP contribution in [0.5, 0.6) is 23.0 Å². The van der Waals surface area contributed by atoms with Gasteiger partial charge in [0.2, 0.25) is 17.2 Å². The predicted molar refractivity (Wildman–Crippen MR) is 88.0 cm³/mol. The van der Waals surface area contributed by atoms with E-state index in [1.54, 1.807) is 11.8 Å². The minimum atomic E-state index is -4.47. The molecule has 14 heteroatoms. The van der Waals surface area contributed by atoms with Crippen LogP contribution in [0.2, 0.25) is 0 Å². The number of hydrogen-bond donors (Lipinski definition) is 1. The largest absolute Gasteiger partial charge is 0.589 e. The molecule has 0 saturated carbocycles. The Morgan fingerprint density at radius 1 is 1.19 bits per heavy atom. The Balaban J connectivity index is 1.89. The van der Waals surface area contributed by atoms with Crippen LogP contribution in [0.3, 0.4) is 0 Å². The molecule has 0 aromatic heterocycles. The van der Waals surface area contributed by atoms with Gasteiger partial charge in [0.05, 0.1) is 0 Å². The van der Waals surface area contributed by atoms with Crippen molar-refractivity contribution in [2.45, 2.75) is 20.1 Å². The van der Waals surface area contributed by atoms with Crippen molar-refractivity contribution in [3.05, 3.63) is 5.56 Å². The molecule has 12 nitrogen and oxygen atoms in total. The van der Waals surface area contributed by atoms with Gasteiger partial charge < -0.3 is 27.9 Å². The van der Waals surface area contributed by atoms with Crippen molar-refractivity contribution in [3.63, 3.8) is 0 Å². The SMILES string of the molecule is CCN1CCOC(=O)c2c3c(c(N)c4c2OS(=O)(=O)O4)OP(=O)(O3)OC1C. The van der Waals surface area contributed by atoms with E-state index >= 15 is 0 Å². The van der Waals surface area contributed by atoms with E-state index in [9.17, 15) is 17.8 Å². The number of nitrogens with two attached hydrogens (primary N) is 1. The summed E-state index contributed by atoms with van der Waals surface area (Å²) in [6.07, 6.45) is -0.698. The van der Waals surface area contributed by atoms with Gasteiger partial charge in [0.1, 0.15) is 18.5 Å². The maximum Gasteiger partial charge on any atom is 0.589 e. The topological polar surface area (TPSA) is 153 Å². The number of likely N-dealkylation sites (N-methyl/N-ethyl adjacent to an activating group) is 1. The molecule has 3 aliphatic heterocycles. The van der Waals surface area contributed by atoms with Crippen LogP contribution in [0, 0.1) is 0 Å². The highest BCUT2D eigenvalue weighted by atomic mass is 32.3. The smallest absolute Gasteiger partial charge is 0.461 e. The fourth-order valence-electron chi connectivity index (χ4n) is 2.89. The third kappa shape index (κ3) is 2.87. The van der Waals surface area contributed by atoms with Gasteiger partial charge in [-0.1, -0.05) is 6.92 Å². The van der Waals surface area contributed by atoms with Crippen LogP contribution in [-0.2, 0) is 24.2 Å². The van der Waals surface area contributed by atoms with Gasteiger partial charge in [0.25, 0.3) is 0 Å². The lowest BCUT2D eigenvalue weighted by Crippen LogP contribution is -2.37.